The van der Waals surface area contributed by atoms with Gasteiger partial charge in [-0.1, -0.05) is 0 Å². The summed E-state index contributed by atoms with van der Waals surface area (Å²) in [6.07, 6.45) is 9.26. The first-order valence-electron chi connectivity index (χ1n) is 13.5. The van der Waals surface area contributed by atoms with Crippen LogP contribution in [0.2, 0.25) is 0 Å². The predicted molar refractivity (Wildman–Crippen MR) is 135 cm³/mol. The maximum absolute atomic E-state index is 12.7. The maximum atomic E-state index is 12.7. The summed E-state index contributed by atoms with van der Waals surface area (Å²) < 4.78 is 43.3. The molecule has 3 heterocycles. The molecule has 9 heteroatoms. The Kier molecular flexibility index (Phi) is 7.00. The van der Waals surface area contributed by atoms with Gasteiger partial charge >= 0.3 is 6.09 Å². The number of aryl methyl sites for hydroxylation is 1. The van der Waals surface area contributed by atoms with E-state index in [1.165, 1.54) is 0 Å². The highest BCUT2D eigenvalue weighted by molar-refractivity contribution is 7.92. The minimum Gasteiger partial charge on any atom is -0.489 e. The molecule has 0 aromatic carbocycles. The first-order chi connectivity index (χ1) is 17.0. The lowest BCUT2D eigenvalue weighted by Gasteiger charge is -2.41. The SMILES string of the molecule is Cc1nc(S(=O)(=O)C2CC2)ccc1OC1CCC(OC2CC3CCC(C2)N3C(=O)OC(C)(C)C)CC1. The number of rotatable bonds is 6. The first-order valence-corrected chi connectivity index (χ1v) is 15.1. The van der Waals surface area contributed by atoms with Crippen LogP contribution in [0.5, 0.6) is 5.75 Å². The van der Waals surface area contributed by atoms with Crippen molar-refractivity contribution < 1.29 is 27.4 Å². The highest BCUT2D eigenvalue weighted by Crippen LogP contribution is 2.39. The normalized spacial score (nSPS) is 30.8. The second-order valence-electron chi connectivity index (χ2n) is 12.0. The van der Waals surface area contributed by atoms with E-state index in [1.807, 2.05) is 32.6 Å². The Hall–Kier alpha value is -1.87. The lowest BCUT2D eigenvalue weighted by atomic mass is 9.93. The van der Waals surface area contributed by atoms with E-state index in [0.29, 0.717) is 11.4 Å². The molecule has 2 unspecified atom stereocenters. The number of piperidine rings is 1. The molecule has 2 aliphatic carbocycles. The van der Waals surface area contributed by atoms with Gasteiger partial charge in [0.15, 0.2) is 14.9 Å². The molecular formula is C27H40N2O6S. The Morgan fingerprint density at radius 1 is 0.917 bits per heavy atom. The fourth-order valence-electron chi connectivity index (χ4n) is 5.95. The Morgan fingerprint density at radius 2 is 1.53 bits per heavy atom. The summed E-state index contributed by atoms with van der Waals surface area (Å²) in [6.45, 7) is 7.55. The molecule has 4 fully saturated rings. The summed E-state index contributed by atoms with van der Waals surface area (Å²) in [6, 6.07) is 3.77. The second-order valence-corrected chi connectivity index (χ2v) is 14.2. The summed E-state index contributed by atoms with van der Waals surface area (Å²) in [7, 11) is -3.29. The zero-order chi connectivity index (χ0) is 25.7. The van der Waals surface area contributed by atoms with Crippen LogP contribution in [0, 0.1) is 6.92 Å². The highest BCUT2D eigenvalue weighted by Gasteiger charge is 2.46. The van der Waals surface area contributed by atoms with Gasteiger partial charge in [-0.25, -0.2) is 18.2 Å². The van der Waals surface area contributed by atoms with Gasteiger partial charge < -0.3 is 19.1 Å². The quantitative estimate of drug-likeness (QED) is 0.523. The summed E-state index contributed by atoms with van der Waals surface area (Å²) >= 11 is 0. The maximum Gasteiger partial charge on any atom is 0.410 e. The lowest BCUT2D eigenvalue weighted by Crippen LogP contribution is -2.50. The number of ether oxygens (including phenoxy) is 3. The van der Waals surface area contributed by atoms with Gasteiger partial charge in [-0.15, -0.1) is 0 Å². The van der Waals surface area contributed by atoms with E-state index in [1.54, 1.807) is 12.1 Å². The summed E-state index contributed by atoms with van der Waals surface area (Å²) in [4.78, 5) is 19.0. The number of carbonyl (C=O) groups excluding carboxylic acids is 1. The molecule has 0 radical (unpaired) electrons. The van der Waals surface area contributed by atoms with Gasteiger partial charge in [0.1, 0.15) is 11.4 Å². The topological polar surface area (TPSA) is 95.0 Å². The van der Waals surface area contributed by atoms with Crippen molar-refractivity contribution in [1.29, 1.82) is 0 Å². The van der Waals surface area contributed by atoms with Gasteiger partial charge in [-0.05, 0) is 104 Å². The van der Waals surface area contributed by atoms with E-state index >= 15 is 0 Å². The molecule has 2 aliphatic heterocycles. The number of sulfone groups is 1. The van der Waals surface area contributed by atoms with Gasteiger partial charge in [0.05, 0.1) is 29.3 Å². The standard InChI is InChI=1S/C27H40N2O6S/c1-17-24(13-14-25(28-17)36(31,32)23-11-12-23)34-21-9-7-20(8-10-21)33-22-15-18-5-6-19(16-22)29(18)26(30)35-27(2,3)4/h13-14,18-23H,5-12,15-16H2,1-4H3. The summed E-state index contributed by atoms with van der Waals surface area (Å²) in [5.41, 5.74) is 0.150. The van der Waals surface area contributed by atoms with E-state index in [-0.39, 0.29) is 46.8 Å². The fourth-order valence-corrected chi connectivity index (χ4v) is 7.57. The Bertz CT molecular complexity index is 1060. The zero-order valence-corrected chi connectivity index (χ0v) is 22.8. The number of hydrogen-bond donors (Lipinski definition) is 0. The average Bonchev–Trinajstić information content (AvgIpc) is 3.61. The molecule has 200 valence electrons. The molecule has 8 nitrogen and oxygen atoms in total. The molecule has 1 aromatic heterocycles. The van der Waals surface area contributed by atoms with Crippen molar-refractivity contribution in [2.45, 2.75) is 138 Å². The number of carbonyl (C=O) groups is 1. The molecule has 2 atom stereocenters. The Balaban J connectivity index is 1.09. The van der Waals surface area contributed by atoms with Crippen molar-refractivity contribution >= 4 is 15.9 Å². The van der Waals surface area contributed by atoms with Gasteiger partial charge in [0.2, 0.25) is 0 Å². The number of hydrogen-bond acceptors (Lipinski definition) is 7. The molecule has 0 N–H and O–H groups in total. The van der Waals surface area contributed by atoms with E-state index in [2.05, 4.69) is 4.98 Å². The van der Waals surface area contributed by atoms with Crippen LogP contribution in [0.15, 0.2) is 17.2 Å². The monoisotopic (exact) mass is 520 g/mol. The molecule has 0 spiro atoms. The minimum atomic E-state index is -3.29. The number of fused-ring (bicyclic) bond motifs is 2. The van der Waals surface area contributed by atoms with Crippen molar-refractivity contribution in [3.8, 4) is 5.75 Å². The van der Waals surface area contributed by atoms with Crippen LogP contribution in [-0.4, -0.2) is 65.6 Å². The highest BCUT2D eigenvalue weighted by atomic mass is 32.2. The lowest BCUT2D eigenvalue weighted by molar-refractivity contribution is -0.0813. The van der Waals surface area contributed by atoms with Crippen molar-refractivity contribution in [2.24, 2.45) is 0 Å². The smallest absolute Gasteiger partial charge is 0.410 e. The van der Waals surface area contributed by atoms with Crippen LogP contribution in [-0.2, 0) is 19.3 Å². The molecular weight excluding hydrogens is 480 g/mol. The van der Waals surface area contributed by atoms with Crippen LogP contribution in [0.4, 0.5) is 4.79 Å². The molecule has 5 rings (SSSR count). The van der Waals surface area contributed by atoms with Crippen LogP contribution >= 0.6 is 0 Å². The second kappa shape index (κ2) is 9.78. The van der Waals surface area contributed by atoms with Gasteiger partial charge in [-0.3, -0.25) is 0 Å². The molecule has 2 saturated carbocycles. The van der Waals surface area contributed by atoms with E-state index < -0.39 is 15.4 Å². The number of aromatic nitrogens is 1. The number of amides is 1. The third-order valence-electron chi connectivity index (χ3n) is 7.86. The zero-order valence-electron chi connectivity index (χ0n) is 21.9. The molecule has 1 amide bonds. The van der Waals surface area contributed by atoms with Crippen molar-refractivity contribution in [1.82, 2.24) is 9.88 Å². The Morgan fingerprint density at radius 3 is 2.08 bits per heavy atom. The first kappa shape index (κ1) is 25.8. The van der Waals surface area contributed by atoms with Crippen LogP contribution in [0.1, 0.15) is 90.7 Å². The Labute approximate surface area is 215 Å². The predicted octanol–water partition coefficient (Wildman–Crippen LogP) is 4.96. The third kappa shape index (κ3) is 5.67. The number of pyridine rings is 1. The number of nitrogens with zero attached hydrogens (tertiary/aromatic N) is 2. The van der Waals surface area contributed by atoms with E-state index in [9.17, 15) is 13.2 Å². The van der Waals surface area contributed by atoms with Gasteiger partial charge in [-0.2, -0.15) is 0 Å². The van der Waals surface area contributed by atoms with E-state index in [4.69, 9.17) is 14.2 Å². The van der Waals surface area contributed by atoms with E-state index in [0.717, 1.165) is 64.2 Å². The summed E-state index contributed by atoms with van der Waals surface area (Å²) in [5.74, 6) is 0.667. The van der Waals surface area contributed by atoms with Gasteiger partial charge in [0.25, 0.3) is 0 Å². The molecule has 36 heavy (non-hydrogen) atoms. The van der Waals surface area contributed by atoms with Crippen LogP contribution in [0.3, 0.4) is 0 Å². The van der Waals surface area contributed by atoms with Gasteiger partial charge in [0, 0.05) is 12.1 Å². The molecule has 4 aliphatic rings. The van der Waals surface area contributed by atoms with Crippen molar-refractivity contribution in [2.75, 3.05) is 0 Å². The third-order valence-corrected chi connectivity index (χ3v) is 10.0. The molecule has 1 aromatic rings. The van der Waals surface area contributed by atoms with Crippen molar-refractivity contribution in [3.05, 3.63) is 17.8 Å². The van der Waals surface area contributed by atoms with Crippen molar-refractivity contribution in [3.63, 3.8) is 0 Å². The fraction of sp³-hybridized carbons (Fsp3) is 0.778. The summed E-state index contributed by atoms with van der Waals surface area (Å²) in [5, 5.41) is -0.0928. The largest absolute Gasteiger partial charge is 0.489 e. The molecule has 2 bridgehead atoms. The minimum absolute atomic E-state index is 0.0847. The van der Waals surface area contributed by atoms with Crippen LogP contribution < -0.4 is 4.74 Å². The van der Waals surface area contributed by atoms with Crippen LogP contribution in [0.25, 0.3) is 0 Å². The average molecular weight is 521 g/mol. The molecule has 2 saturated heterocycles.